The van der Waals surface area contributed by atoms with Crippen LogP contribution in [-0.4, -0.2) is 63.5 Å². The number of hydrogen-bond donors (Lipinski definition) is 3. The van der Waals surface area contributed by atoms with Crippen LogP contribution in [0.3, 0.4) is 0 Å². The summed E-state index contributed by atoms with van der Waals surface area (Å²) in [6.07, 6.45) is 4.20. The van der Waals surface area contributed by atoms with Gasteiger partial charge in [0.15, 0.2) is 0 Å². The number of piperidine rings is 1. The summed E-state index contributed by atoms with van der Waals surface area (Å²) in [6, 6.07) is 21.1. The van der Waals surface area contributed by atoms with Crippen molar-refractivity contribution in [3.05, 3.63) is 106 Å². The van der Waals surface area contributed by atoms with Crippen molar-refractivity contribution in [2.75, 3.05) is 30.9 Å². The summed E-state index contributed by atoms with van der Waals surface area (Å²) < 4.78 is 3.42. The number of carbonyl (C=O) groups excluding carboxylic acids is 3. The van der Waals surface area contributed by atoms with E-state index in [1.165, 1.54) is 0 Å². The van der Waals surface area contributed by atoms with Gasteiger partial charge in [0.1, 0.15) is 11.7 Å². The standard InChI is InChI=1S/C43H42N8O4/c1-25(2)33-19-29(21-38-40(33)51(6)43(55)50(38)5)32-11-7-10-27-20-37(46-24-34(27)32)28-12-13-35(45-23-28)41(53)44-16-8-9-26-17-30(22-31(18-26)49(3)4)47-36-14-15-39(52)48-42(36)54/h7,10-13,17-25,36,47H,14-16H2,1-6H3,(H,44,53)(H,48,52,54). The molecule has 4 heterocycles. The van der Waals surface area contributed by atoms with Gasteiger partial charge >= 0.3 is 5.69 Å². The fourth-order valence-corrected chi connectivity index (χ4v) is 6.96. The van der Waals surface area contributed by atoms with E-state index in [-0.39, 0.29) is 48.0 Å². The van der Waals surface area contributed by atoms with Crippen LogP contribution in [0.4, 0.5) is 11.4 Å². The van der Waals surface area contributed by atoms with Crippen molar-refractivity contribution in [2.45, 2.75) is 38.6 Å². The molecule has 12 heteroatoms. The summed E-state index contributed by atoms with van der Waals surface area (Å²) in [7, 11) is 7.45. The van der Waals surface area contributed by atoms with E-state index in [0.29, 0.717) is 17.7 Å². The zero-order valence-corrected chi connectivity index (χ0v) is 31.7. The molecule has 1 saturated heterocycles. The number of rotatable bonds is 8. The number of anilines is 2. The molecule has 0 radical (unpaired) electrons. The summed E-state index contributed by atoms with van der Waals surface area (Å²) >= 11 is 0. The van der Waals surface area contributed by atoms with E-state index in [4.69, 9.17) is 4.98 Å². The van der Waals surface area contributed by atoms with Crippen LogP contribution in [-0.2, 0) is 23.7 Å². The third kappa shape index (κ3) is 7.42. The summed E-state index contributed by atoms with van der Waals surface area (Å²) in [5.74, 6) is 5.35. The van der Waals surface area contributed by atoms with Crippen molar-refractivity contribution >= 4 is 50.9 Å². The zero-order chi connectivity index (χ0) is 39.0. The van der Waals surface area contributed by atoms with Gasteiger partial charge in [-0.2, -0.15) is 0 Å². The van der Waals surface area contributed by atoms with Gasteiger partial charge in [0.05, 0.1) is 23.3 Å². The zero-order valence-electron chi connectivity index (χ0n) is 31.7. The van der Waals surface area contributed by atoms with Gasteiger partial charge < -0.3 is 15.5 Å². The molecule has 1 atom stereocenters. The SMILES string of the molecule is CC(C)c1cc(-c2cccc3cc(-c4ccc(C(=O)NCC#Cc5cc(NC6CCC(=O)NC6=O)cc(N(C)C)c5)nc4)ncc23)cc2c1n(C)c(=O)n2C. The van der Waals surface area contributed by atoms with Crippen LogP contribution in [0.25, 0.3) is 44.2 Å². The second-order valence-corrected chi connectivity index (χ2v) is 14.3. The Kier molecular flexibility index (Phi) is 9.95. The molecule has 6 aromatic rings. The Hall–Kier alpha value is -6.74. The summed E-state index contributed by atoms with van der Waals surface area (Å²) in [4.78, 5) is 60.8. The Balaban J connectivity index is 1.05. The van der Waals surface area contributed by atoms with E-state index in [0.717, 1.165) is 55.4 Å². The van der Waals surface area contributed by atoms with E-state index in [1.54, 1.807) is 21.4 Å². The third-order valence-electron chi connectivity index (χ3n) is 9.96. The number of amides is 3. The fraction of sp³-hybridized carbons (Fsp3) is 0.256. The van der Waals surface area contributed by atoms with Crippen molar-refractivity contribution in [2.24, 2.45) is 14.1 Å². The molecule has 12 nitrogen and oxygen atoms in total. The van der Waals surface area contributed by atoms with Gasteiger partial charge in [-0.25, -0.2) is 4.79 Å². The quantitative estimate of drug-likeness (QED) is 0.141. The first-order chi connectivity index (χ1) is 26.4. The van der Waals surface area contributed by atoms with Crippen LogP contribution in [0.1, 0.15) is 54.2 Å². The van der Waals surface area contributed by atoms with Crippen molar-refractivity contribution in [3.63, 3.8) is 0 Å². The molecule has 3 amide bonds. The minimum absolute atomic E-state index is 0.0519. The highest BCUT2D eigenvalue weighted by atomic mass is 16.2. The Morgan fingerprint density at radius 1 is 0.964 bits per heavy atom. The molecule has 278 valence electrons. The van der Waals surface area contributed by atoms with Gasteiger partial charge in [-0.15, -0.1) is 0 Å². The lowest BCUT2D eigenvalue weighted by atomic mass is 9.93. The number of hydrogen-bond acceptors (Lipinski definition) is 8. The van der Waals surface area contributed by atoms with Crippen LogP contribution >= 0.6 is 0 Å². The second kappa shape index (κ2) is 14.9. The van der Waals surface area contributed by atoms with E-state index in [1.807, 2.05) is 81.8 Å². The number of pyridine rings is 2. The van der Waals surface area contributed by atoms with E-state index < -0.39 is 6.04 Å². The predicted octanol–water partition coefficient (Wildman–Crippen LogP) is 5.34. The first kappa shape index (κ1) is 36.6. The van der Waals surface area contributed by atoms with Crippen molar-refractivity contribution in [1.29, 1.82) is 0 Å². The van der Waals surface area contributed by atoms with Crippen LogP contribution in [0, 0.1) is 11.8 Å². The number of benzene rings is 3. The third-order valence-corrected chi connectivity index (χ3v) is 9.96. The van der Waals surface area contributed by atoms with Crippen molar-refractivity contribution < 1.29 is 14.4 Å². The maximum atomic E-state index is 13.0. The van der Waals surface area contributed by atoms with Gasteiger partial charge in [-0.3, -0.25) is 38.8 Å². The highest BCUT2D eigenvalue weighted by Gasteiger charge is 2.26. The fourth-order valence-electron chi connectivity index (χ4n) is 6.96. The molecule has 1 aliphatic rings. The Morgan fingerprint density at radius 3 is 2.51 bits per heavy atom. The Labute approximate surface area is 318 Å². The minimum atomic E-state index is -0.516. The molecule has 55 heavy (non-hydrogen) atoms. The number of nitrogens with zero attached hydrogens (tertiary/aromatic N) is 5. The molecule has 7 rings (SSSR count). The number of aromatic nitrogens is 4. The maximum Gasteiger partial charge on any atom is 0.328 e. The van der Waals surface area contributed by atoms with Crippen molar-refractivity contribution in [3.8, 4) is 34.2 Å². The smallest absolute Gasteiger partial charge is 0.328 e. The molecule has 3 N–H and O–H groups in total. The molecule has 3 aromatic heterocycles. The molecule has 3 aromatic carbocycles. The van der Waals surface area contributed by atoms with Crippen LogP contribution < -0.4 is 26.5 Å². The van der Waals surface area contributed by atoms with E-state index >= 15 is 0 Å². The topological polar surface area (TPSA) is 143 Å². The normalized spacial score (nSPS) is 14.1. The monoisotopic (exact) mass is 734 g/mol. The number of imidazole rings is 1. The highest BCUT2D eigenvalue weighted by molar-refractivity contribution is 6.02. The molecule has 1 unspecified atom stereocenters. The molecule has 0 spiro atoms. The largest absolute Gasteiger partial charge is 0.378 e. The lowest BCUT2D eigenvalue weighted by Gasteiger charge is -2.24. The first-order valence-electron chi connectivity index (χ1n) is 18.1. The summed E-state index contributed by atoms with van der Waals surface area (Å²) in [6.45, 7) is 4.38. The lowest BCUT2D eigenvalue weighted by Crippen LogP contribution is -2.47. The molecule has 0 saturated carbocycles. The predicted molar refractivity (Wildman–Crippen MR) is 216 cm³/mol. The van der Waals surface area contributed by atoms with E-state index in [2.05, 4.69) is 64.8 Å². The van der Waals surface area contributed by atoms with Gasteiger partial charge in [-0.05, 0) is 82.9 Å². The number of fused-ring (bicyclic) bond motifs is 2. The molecule has 0 aliphatic carbocycles. The average molecular weight is 735 g/mol. The number of nitrogens with one attached hydrogen (secondary N) is 3. The molecule has 1 aliphatic heterocycles. The number of carbonyl (C=O) groups is 3. The maximum absolute atomic E-state index is 13.0. The average Bonchev–Trinajstić information content (AvgIpc) is 3.39. The van der Waals surface area contributed by atoms with E-state index in [9.17, 15) is 19.2 Å². The van der Waals surface area contributed by atoms with Crippen LogP contribution in [0.2, 0.25) is 0 Å². The lowest BCUT2D eigenvalue weighted by molar-refractivity contribution is -0.133. The Bertz CT molecular complexity index is 2630. The van der Waals surface area contributed by atoms with Gasteiger partial charge in [0.25, 0.3) is 5.91 Å². The first-order valence-corrected chi connectivity index (χ1v) is 18.1. The summed E-state index contributed by atoms with van der Waals surface area (Å²) in [5.41, 5.74) is 9.00. The molecule has 1 fully saturated rings. The second-order valence-electron chi connectivity index (χ2n) is 14.3. The minimum Gasteiger partial charge on any atom is -0.378 e. The van der Waals surface area contributed by atoms with Crippen LogP contribution in [0.15, 0.2) is 83.9 Å². The van der Waals surface area contributed by atoms with Gasteiger partial charge in [0.2, 0.25) is 11.8 Å². The van der Waals surface area contributed by atoms with Crippen LogP contribution in [0.5, 0.6) is 0 Å². The number of aryl methyl sites for hydroxylation is 2. The molecule has 0 bridgehead atoms. The highest BCUT2D eigenvalue weighted by Crippen LogP contribution is 2.35. The van der Waals surface area contributed by atoms with Gasteiger partial charge in [-0.1, -0.05) is 43.9 Å². The molecular formula is C43H42N8O4. The summed E-state index contributed by atoms with van der Waals surface area (Å²) in [5, 5.41) is 10.4. The molecular weight excluding hydrogens is 693 g/mol. The van der Waals surface area contributed by atoms with Crippen molar-refractivity contribution in [1.82, 2.24) is 29.7 Å². The Morgan fingerprint density at radius 2 is 1.78 bits per heavy atom. The van der Waals surface area contributed by atoms with Gasteiger partial charge in [0, 0.05) is 74.9 Å². The number of imide groups is 1.